The molecule has 0 saturated heterocycles. The number of aromatic nitrogens is 2. The lowest BCUT2D eigenvalue weighted by Gasteiger charge is -2.00. The fourth-order valence-electron chi connectivity index (χ4n) is 2.84. The van der Waals surface area contributed by atoms with Crippen molar-refractivity contribution in [2.24, 2.45) is 0 Å². The van der Waals surface area contributed by atoms with Crippen LogP contribution >= 0.6 is 11.3 Å². The largest absolute Gasteiger partial charge is 0.497 e. The second kappa shape index (κ2) is 8.06. The number of ketones is 1. The maximum Gasteiger partial charge on any atom is 0.185 e. The van der Waals surface area contributed by atoms with Crippen LogP contribution in [0.15, 0.2) is 84.4 Å². The Morgan fingerprint density at radius 3 is 2.50 bits per heavy atom. The van der Waals surface area contributed by atoms with Gasteiger partial charge in [-0.05, 0) is 60.0 Å². The van der Waals surface area contributed by atoms with Crippen molar-refractivity contribution in [3.8, 4) is 22.0 Å². The Morgan fingerprint density at radius 1 is 1.04 bits per heavy atom. The van der Waals surface area contributed by atoms with E-state index in [0.717, 1.165) is 27.6 Å². The van der Waals surface area contributed by atoms with Crippen LogP contribution in [0.5, 0.6) is 5.75 Å². The van der Waals surface area contributed by atoms with Gasteiger partial charge in [-0.3, -0.25) is 4.79 Å². The quantitative estimate of drug-likeness (QED) is 0.324. The maximum atomic E-state index is 12.5. The fraction of sp³-hybridized carbons (Fsp3) is 0.0435. The highest BCUT2D eigenvalue weighted by Gasteiger charge is 2.12. The Balaban J connectivity index is 1.66. The van der Waals surface area contributed by atoms with Gasteiger partial charge in [-0.15, -0.1) is 11.3 Å². The molecule has 0 aliphatic rings. The number of methoxy groups -OCH3 is 1. The molecule has 0 fully saturated rings. The van der Waals surface area contributed by atoms with Crippen LogP contribution in [0.25, 0.3) is 22.3 Å². The molecule has 2 aromatic heterocycles. The Labute approximate surface area is 167 Å². The maximum absolute atomic E-state index is 12.5. The van der Waals surface area contributed by atoms with Crippen molar-refractivity contribution in [3.05, 3.63) is 95.5 Å². The summed E-state index contributed by atoms with van der Waals surface area (Å²) >= 11 is 1.62. The summed E-state index contributed by atoms with van der Waals surface area (Å²) in [6, 6.07) is 21.1. The van der Waals surface area contributed by atoms with Crippen molar-refractivity contribution < 1.29 is 9.53 Å². The van der Waals surface area contributed by atoms with Crippen LogP contribution in [0.2, 0.25) is 0 Å². The SMILES string of the molecule is COc1ccc(C(=O)C=Cc2cn(-c3ccccc3)nc2-c2cccs2)cc1. The number of carbonyl (C=O) groups excluding carboxylic acids is 1. The lowest BCUT2D eigenvalue weighted by Crippen LogP contribution is -1.94. The van der Waals surface area contributed by atoms with E-state index in [-0.39, 0.29) is 5.78 Å². The van der Waals surface area contributed by atoms with Gasteiger partial charge in [-0.2, -0.15) is 5.10 Å². The number of hydrogen-bond donors (Lipinski definition) is 0. The van der Waals surface area contributed by atoms with Gasteiger partial charge >= 0.3 is 0 Å². The molecule has 138 valence electrons. The van der Waals surface area contributed by atoms with Crippen LogP contribution in [0, 0.1) is 0 Å². The summed E-state index contributed by atoms with van der Waals surface area (Å²) in [6.45, 7) is 0. The molecule has 4 aromatic rings. The third-order valence-corrected chi connectivity index (χ3v) is 5.18. The molecule has 0 N–H and O–H groups in total. The number of allylic oxidation sites excluding steroid dienone is 1. The van der Waals surface area contributed by atoms with E-state index in [2.05, 4.69) is 0 Å². The molecule has 0 aliphatic carbocycles. The summed E-state index contributed by atoms with van der Waals surface area (Å²) in [4.78, 5) is 13.6. The zero-order valence-electron chi connectivity index (χ0n) is 15.3. The summed E-state index contributed by atoms with van der Waals surface area (Å²) in [7, 11) is 1.60. The Morgan fingerprint density at radius 2 is 1.82 bits per heavy atom. The average Bonchev–Trinajstić information content (AvgIpc) is 3.42. The van der Waals surface area contributed by atoms with E-state index in [4.69, 9.17) is 9.84 Å². The van der Waals surface area contributed by atoms with Gasteiger partial charge in [0.1, 0.15) is 11.4 Å². The normalized spacial score (nSPS) is 11.0. The smallest absolute Gasteiger partial charge is 0.185 e. The Bertz CT molecular complexity index is 1100. The number of thiophene rings is 1. The van der Waals surface area contributed by atoms with E-state index >= 15 is 0 Å². The number of carbonyl (C=O) groups is 1. The van der Waals surface area contributed by atoms with Gasteiger partial charge in [-0.25, -0.2) is 4.68 Å². The molecule has 0 radical (unpaired) electrons. The summed E-state index contributed by atoms with van der Waals surface area (Å²) < 4.78 is 6.98. The van der Waals surface area contributed by atoms with Crippen molar-refractivity contribution in [2.75, 3.05) is 7.11 Å². The van der Waals surface area contributed by atoms with Crippen LogP contribution in [0.4, 0.5) is 0 Å². The molecule has 4 nitrogen and oxygen atoms in total. The van der Waals surface area contributed by atoms with E-state index in [9.17, 15) is 4.79 Å². The molecule has 0 spiro atoms. The Hall–Kier alpha value is -3.44. The standard InChI is InChI=1S/C23H18N2O2S/c1-27-20-12-9-17(10-13-20)21(26)14-11-18-16-25(19-6-3-2-4-7-19)24-23(18)22-8-5-15-28-22/h2-16H,1H3. The zero-order valence-corrected chi connectivity index (χ0v) is 16.1. The van der Waals surface area contributed by atoms with Gasteiger partial charge < -0.3 is 4.74 Å². The first-order valence-electron chi connectivity index (χ1n) is 8.80. The highest BCUT2D eigenvalue weighted by molar-refractivity contribution is 7.13. The van der Waals surface area contributed by atoms with Crippen LogP contribution in [0.3, 0.4) is 0 Å². The van der Waals surface area contributed by atoms with Crippen molar-refractivity contribution >= 4 is 23.2 Å². The first kappa shape index (κ1) is 17.9. The predicted molar refractivity (Wildman–Crippen MR) is 113 cm³/mol. The molecule has 5 heteroatoms. The van der Waals surface area contributed by atoms with Gasteiger partial charge in [0.15, 0.2) is 5.78 Å². The van der Waals surface area contributed by atoms with Crippen molar-refractivity contribution in [3.63, 3.8) is 0 Å². The third-order valence-electron chi connectivity index (χ3n) is 4.31. The molecule has 0 aliphatic heterocycles. The average molecular weight is 386 g/mol. The molecule has 28 heavy (non-hydrogen) atoms. The second-order valence-electron chi connectivity index (χ2n) is 6.12. The summed E-state index contributed by atoms with van der Waals surface area (Å²) in [5.74, 6) is 0.664. The highest BCUT2D eigenvalue weighted by Crippen LogP contribution is 2.28. The van der Waals surface area contributed by atoms with Crippen molar-refractivity contribution in [1.29, 1.82) is 0 Å². The molecule has 0 unspecified atom stereocenters. The van der Waals surface area contributed by atoms with Crippen molar-refractivity contribution in [1.82, 2.24) is 9.78 Å². The monoisotopic (exact) mass is 386 g/mol. The van der Waals surface area contributed by atoms with Gasteiger partial charge in [0, 0.05) is 17.3 Å². The summed E-state index contributed by atoms with van der Waals surface area (Å²) in [6.07, 6.45) is 5.36. The van der Waals surface area contributed by atoms with Crippen LogP contribution in [-0.4, -0.2) is 22.7 Å². The molecule has 4 rings (SSSR count). The van der Waals surface area contributed by atoms with E-state index in [1.54, 1.807) is 48.8 Å². The molecular formula is C23H18N2O2S. The van der Waals surface area contributed by atoms with Gasteiger partial charge in [0.25, 0.3) is 0 Å². The van der Waals surface area contributed by atoms with Crippen LogP contribution < -0.4 is 4.74 Å². The minimum atomic E-state index is -0.0627. The fourth-order valence-corrected chi connectivity index (χ4v) is 3.58. The summed E-state index contributed by atoms with van der Waals surface area (Å²) in [5.41, 5.74) is 3.34. The molecule has 0 bridgehead atoms. The predicted octanol–water partition coefficient (Wildman–Crippen LogP) is 5.51. The van der Waals surface area contributed by atoms with Crippen LogP contribution in [0.1, 0.15) is 15.9 Å². The van der Waals surface area contributed by atoms with Crippen molar-refractivity contribution in [2.45, 2.75) is 0 Å². The van der Waals surface area contributed by atoms with Crippen LogP contribution in [-0.2, 0) is 0 Å². The van der Waals surface area contributed by atoms with Gasteiger partial charge in [-0.1, -0.05) is 24.3 Å². The third kappa shape index (κ3) is 3.80. The lowest BCUT2D eigenvalue weighted by molar-refractivity contribution is 0.104. The van der Waals surface area contributed by atoms with E-state index in [1.807, 2.05) is 64.8 Å². The molecule has 2 heterocycles. The summed E-state index contributed by atoms with van der Waals surface area (Å²) in [5, 5.41) is 6.76. The first-order chi connectivity index (χ1) is 13.7. The minimum absolute atomic E-state index is 0.0627. The topological polar surface area (TPSA) is 44.1 Å². The number of benzene rings is 2. The Kier molecular flexibility index (Phi) is 5.17. The zero-order chi connectivity index (χ0) is 19.3. The minimum Gasteiger partial charge on any atom is -0.497 e. The molecule has 0 atom stereocenters. The molecular weight excluding hydrogens is 368 g/mol. The number of ether oxygens (including phenoxy) is 1. The lowest BCUT2D eigenvalue weighted by atomic mass is 10.1. The van der Waals surface area contributed by atoms with E-state index < -0.39 is 0 Å². The number of rotatable bonds is 6. The second-order valence-corrected chi connectivity index (χ2v) is 7.06. The van der Waals surface area contributed by atoms with Gasteiger partial charge in [0.2, 0.25) is 0 Å². The number of para-hydroxylation sites is 1. The molecule has 2 aromatic carbocycles. The first-order valence-corrected chi connectivity index (χ1v) is 9.68. The van der Waals surface area contributed by atoms with E-state index in [1.165, 1.54) is 0 Å². The van der Waals surface area contributed by atoms with E-state index in [0.29, 0.717) is 5.56 Å². The number of hydrogen-bond acceptors (Lipinski definition) is 4. The van der Waals surface area contributed by atoms with Gasteiger partial charge in [0.05, 0.1) is 17.7 Å². The number of nitrogens with zero attached hydrogens (tertiary/aromatic N) is 2. The molecule has 0 amide bonds. The molecule has 0 saturated carbocycles. The highest BCUT2D eigenvalue weighted by atomic mass is 32.1.